The lowest BCUT2D eigenvalue weighted by Gasteiger charge is -2.25. The molecule has 0 bridgehead atoms. The zero-order valence-electron chi connectivity index (χ0n) is 35.9. The summed E-state index contributed by atoms with van der Waals surface area (Å²) in [6.07, 6.45) is 4.15. The number of imidazole rings is 2. The highest BCUT2D eigenvalue weighted by Gasteiger charge is 2.29. The van der Waals surface area contributed by atoms with E-state index in [2.05, 4.69) is 26.1 Å². The molecule has 0 aliphatic carbocycles. The number of carbonyl (C=O) groups excluding carboxylic acids is 5. The van der Waals surface area contributed by atoms with Gasteiger partial charge in [-0.3, -0.25) is 48.5 Å². The van der Waals surface area contributed by atoms with Gasteiger partial charge in [-0.2, -0.15) is 10.2 Å². The summed E-state index contributed by atoms with van der Waals surface area (Å²) < 4.78 is 19.2. The summed E-state index contributed by atoms with van der Waals surface area (Å²) >= 11 is 0. The van der Waals surface area contributed by atoms with Gasteiger partial charge in [0.1, 0.15) is 40.5 Å². The van der Waals surface area contributed by atoms with Crippen LogP contribution in [0.2, 0.25) is 0 Å². The number of primary amides is 2. The number of nitrogens with two attached hydrogens (primary N) is 2. The van der Waals surface area contributed by atoms with Gasteiger partial charge in [-0.25, -0.2) is 9.97 Å². The molecule has 2 aromatic carbocycles. The van der Waals surface area contributed by atoms with Gasteiger partial charge >= 0.3 is 0 Å². The number of nitrogens with zero attached hydrogens (tertiary/aromatic N) is 9. The zero-order chi connectivity index (χ0) is 45.1. The summed E-state index contributed by atoms with van der Waals surface area (Å²) in [6.45, 7) is 9.23. The van der Waals surface area contributed by atoms with E-state index in [0.717, 1.165) is 0 Å². The van der Waals surface area contributed by atoms with Gasteiger partial charge < -0.3 is 35.7 Å². The average molecular weight is 863 g/mol. The SMILES string of the molecule is CCn1nc(C)cc1C(=O)Nc1nc2cc(C(N)=O)cc(OCCCNC(=O)CN(C)C)c2n1C/C=C/[C@H]1COc2cc(C(N)=O)cc3nc(NC(=O)c4cc(C)nn4CC)n1c23. The fraction of sp³-hybridized carbons (Fsp3) is 0.357. The van der Waals surface area contributed by atoms with Crippen LogP contribution in [0.15, 0.2) is 48.6 Å². The van der Waals surface area contributed by atoms with Crippen LogP contribution >= 0.6 is 0 Å². The van der Waals surface area contributed by atoms with E-state index >= 15 is 0 Å². The number of allylic oxidation sites excluding steroid dienone is 1. The number of anilines is 2. The van der Waals surface area contributed by atoms with Crippen molar-refractivity contribution in [2.75, 3.05) is 51.0 Å². The molecule has 0 saturated carbocycles. The molecule has 0 radical (unpaired) electrons. The Bertz CT molecular complexity index is 2790. The highest BCUT2D eigenvalue weighted by molar-refractivity contribution is 6.05. The van der Waals surface area contributed by atoms with Crippen molar-refractivity contribution in [3.63, 3.8) is 0 Å². The molecule has 7 rings (SSSR count). The number of ether oxygens (including phenoxy) is 2. The van der Waals surface area contributed by atoms with Crippen molar-refractivity contribution in [1.82, 2.24) is 48.9 Å². The molecule has 21 heteroatoms. The molecule has 0 spiro atoms. The van der Waals surface area contributed by atoms with Crippen molar-refractivity contribution in [3.05, 3.63) is 82.5 Å². The topological polar surface area (TPSA) is 266 Å². The van der Waals surface area contributed by atoms with Crippen LogP contribution in [-0.4, -0.2) is 113 Å². The zero-order valence-corrected chi connectivity index (χ0v) is 35.9. The molecule has 1 aliphatic heterocycles. The first-order valence-corrected chi connectivity index (χ1v) is 20.4. The Morgan fingerprint density at radius 2 is 1.43 bits per heavy atom. The molecule has 5 amide bonds. The van der Waals surface area contributed by atoms with Crippen LogP contribution in [0.25, 0.3) is 22.1 Å². The normalized spacial score (nSPS) is 13.5. The molecular weight excluding hydrogens is 813 g/mol. The fourth-order valence-electron chi connectivity index (χ4n) is 7.42. The number of aryl methyl sites for hydroxylation is 4. The number of hydrogen-bond donors (Lipinski definition) is 5. The highest BCUT2D eigenvalue weighted by Crippen LogP contribution is 2.38. The van der Waals surface area contributed by atoms with Gasteiger partial charge in [-0.1, -0.05) is 12.2 Å². The number of likely N-dealkylation sites (N-methyl/N-ethyl adjacent to an activating group) is 1. The van der Waals surface area contributed by atoms with E-state index in [1.54, 1.807) is 71.0 Å². The molecule has 7 N–H and O–H groups in total. The minimum atomic E-state index is -0.704. The van der Waals surface area contributed by atoms with Crippen molar-refractivity contribution in [2.24, 2.45) is 11.5 Å². The van der Waals surface area contributed by atoms with Crippen LogP contribution in [-0.2, 0) is 24.4 Å². The fourth-order valence-corrected chi connectivity index (χ4v) is 7.42. The Balaban J connectivity index is 1.26. The lowest BCUT2D eigenvalue weighted by atomic mass is 10.1. The molecular formula is C42H50N14O7. The average Bonchev–Trinajstić information content (AvgIpc) is 4.01. The first kappa shape index (κ1) is 43.5. The van der Waals surface area contributed by atoms with Crippen LogP contribution in [0.4, 0.5) is 11.9 Å². The standard InChI is InChI=1S/C42H50N14O7/c1-7-54-30(15-23(3)50-54)39(60)48-41-46-28-17-25(37(43)58)19-32(62-14-10-12-45-34(57)21-52(5)6)35(28)53(41)13-9-11-27-22-63-33-20-26(38(44)59)18-29-36(33)56(27)42(47-29)49-40(61)31-16-24(4)51-55(31)8-2/h9,11,15-20,27H,7-8,10,12-14,21-22H2,1-6H3,(H2,43,58)(H2,44,59)(H,45,57)(H,46,48,60)(H,47,49,61)/b11-9+/t27-/m0/s1. The first-order chi connectivity index (χ1) is 30.1. The molecule has 1 atom stereocenters. The second kappa shape index (κ2) is 18.2. The lowest BCUT2D eigenvalue weighted by molar-refractivity contribution is -0.121. The van der Waals surface area contributed by atoms with E-state index in [1.165, 1.54) is 12.1 Å². The van der Waals surface area contributed by atoms with E-state index in [9.17, 15) is 24.0 Å². The number of benzene rings is 2. The van der Waals surface area contributed by atoms with Gasteiger partial charge in [-0.15, -0.1) is 0 Å². The van der Waals surface area contributed by atoms with E-state index in [1.807, 2.05) is 30.6 Å². The van der Waals surface area contributed by atoms with Crippen LogP contribution < -0.4 is 36.9 Å². The Kier molecular flexibility index (Phi) is 12.6. The Morgan fingerprint density at radius 1 is 0.841 bits per heavy atom. The second-order valence-electron chi connectivity index (χ2n) is 15.2. The number of carbonyl (C=O) groups is 5. The van der Waals surface area contributed by atoms with Gasteiger partial charge in [0.2, 0.25) is 29.6 Å². The number of amides is 5. The van der Waals surface area contributed by atoms with Gasteiger partial charge in [-0.05, 0) is 84.6 Å². The maximum Gasteiger partial charge on any atom is 0.276 e. The molecule has 4 aromatic heterocycles. The predicted octanol–water partition coefficient (Wildman–Crippen LogP) is 2.77. The monoisotopic (exact) mass is 862 g/mol. The third-order valence-electron chi connectivity index (χ3n) is 10.2. The van der Waals surface area contributed by atoms with Gasteiger partial charge in [0.25, 0.3) is 11.8 Å². The molecule has 0 saturated heterocycles. The molecule has 0 fully saturated rings. The van der Waals surface area contributed by atoms with Gasteiger partial charge in [0.15, 0.2) is 0 Å². The van der Waals surface area contributed by atoms with Gasteiger partial charge in [0.05, 0.1) is 41.6 Å². The van der Waals surface area contributed by atoms with E-state index in [0.29, 0.717) is 76.6 Å². The summed E-state index contributed by atoms with van der Waals surface area (Å²) in [5.41, 5.74) is 15.4. The van der Waals surface area contributed by atoms with Gasteiger partial charge in [0, 0.05) is 37.3 Å². The molecule has 5 heterocycles. The maximum atomic E-state index is 13.8. The quantitative estimate of drug-likeness (QED) is 0.0617. The number of hydrogen-bond acceptors (Lipinski definition) is 12. The molecule has 21 nitrogen and oxygen atoms in total. The number of nitrogens with one attached hydrogen (secondary N) is 3. The van der Waals surface area contributed by atoms with Crippen molar-refractivity contribution >= 4 is 63.5 Å². The largest absolute Gasteiger partial charge is 0.491 e. The molecule has 330 valence electrons. The Hall–Kier alpha value is -7.55. The van der Waals surface area contributed by atoms with Crippen LogP contribution in [0, 0.1) is 13.8 Å². The van der Waals surface area contributed by atoms with Crippen LogP contribution in [0.1, 0.15) is 79.4 Å². The number of fused-ring (bicyclic) bond motifs is 1. The number of rotatable bonds is 18. The van der Waals surface area contributed by atoms with E-state index in [-0.39, 0.29) is 61.0 Å². The summed E-state index contributed by atoms with van der Waals surface area (Å²) in [7, 11) is 3.61. The van der Waals surface area contributed by atoms with Crippen molar-refractivity contribution < 1.29 is 33.4 Å². The highest BCUT2D eigenvalue weighted by atomic mass is 16.5. The van der Waals surface area contributed by atoms with E-state index in [4.69, 9.17) is 30.9 Å². The smallest absolute Gasteiger partial charge is 0.276 e. The molecule has 0 unspecified atom stereocenters. The van der Waals surface area contributed by atoms with Crippen molar-refractivity contribution in [2.45, 2.75) is 59.8 Å². The number of aromatic nitrogens is 8. The van der Waals surface area contributed by atoms with Crippen molar-refractivity contribution in [3.8, 4) is 11.5 Å². The summed E-state index contributed by atoms with van der Waals surface area (Å²) in [6, 6.07) is 8.96. The third kappa shape index (κ3) is 9.22. The summed E-state index contributed by atoms with van der Waals surface area (Å²) in [5.74, 6) is -1.40. The first-order valence-electron chi connectivity index (χ1n) is 20.4. The van der Waals surface area contributed by atoms with Crippen molar-refractivity contribution in [1.29, 1.82) is 0 Å². The van der Waals surface area contributed by atoms with Crippen LogP contribution in [0.3, 0.4) is 0 Å². The lowest BCUT2D eigenvalue weighted by Crippen LogP contribution is -2.34. The Morgan fingerprint density at radius 3 is 2.03 bits per heavy atom. The minimum Gasteiger partial charge on any atom is -0.491 e. The molecule has 1 aliphatic rings. The molecule has 63 heavy (non-hydrogen) atoms. The van der Waals surface area contributed by atoms with Crippen LogP contribution in [0.5, 0.6) is 11.5 Å². The minimum absolute atomic E-state index is 0.0854. The third-order valence-corrected chi connectivity index (χ3v) is 10.2. The summed E-state index contributed by atoms with van der Waals surface area (Å²) in [4.78, 5) is 75.8. The summed E-state index contributed by atoms with van der Waals surface area (Å²) in [5, 5.41) is 17.6. The Labute approximate surface area is 361 Å². The predicted molar refractivity (Wildman–Crippen MR) is 233 cm³/mol. The second-order valence-corrected chi connectivity index (χ2v) is 15.2. The maximum absolute atomic E-state index is 13.8. The van der Waals surface area contributed by atoms with E-state index < -0.39 is 29.7 Å². The molecule has 6 aromatic rings.